The number of carboxylic acid groups (broad SMARTS) is 1. The monoisotopic (exact) mass is 285 g/mol. The topological polar surface area (TPSA) is 81.7 Å². The summed E-state index contributed by atoms with van der Waals surface area (Å²) in [6.07, 6.45) is 2.88. The van der Waals surface area contributed by atoms with Crippen molar-refractivity contribution in [2.24, 2.45) is 5.92 Å². The molecule has 6 heteroatoms. The number of nitrogens with zero attached hydrogens (tertiary/aromatic N) is 1. The first-order valence-corrected chi connectivity index (χ1v) is 7.30. The van der Waals surface area contributed by atoms with E-state index in [9.17, 15) is 9.59 Å². The zero-order chi connectivity index (χ0) is 15.3. The molecule has 0 aromatic carbocycles. The molecule has 0 spiro atoms. The van der Waals surface area contributed by atoms with Gasteiger partial charge in [-0.1, -0.05) is 13.8 Å². The molecule has 0 saturated heterocycles. The Hall–Kier alpha value is -1.30. The van der Waals surface area contributed by atoms with Crippen molar-refractivity contribution in [3.05, 3.63) is 0 Å². The molecule has 1 unspecified atom stereocenters. The van der Waals surface area contributed by atoms with Gasteiger partial charge in [-0.2, -0.15) is 0 Å². The highest BCUT2D eigenvalue weighted by atomic mass is 16.4. The van der Waals surface area contributed by atoms with E-state index in [4.69, 9.17) is 5.11 Å². The van der Waals surface area contributed by atoms with E-state index in [1.165, 1.54) is 12.8 Å². The van der Waals surface area contributed by atoms with Crippen LogP contribution >= 0.6 is 0 Å². The number of urea groups is 1. The number of hydrogen-bond donors (Lipinski definition) is 3. The number of rotatable bonds is 8. The minimum absolute atomic E-state index is 0.219. The molecule has 20 heavy (non-hydrogen) atoms. The van der Waals surface area contributed by atoms with E-state index >= 15 is 0 Å². The lowest BCUT2D eigenvalue weighted by Gasteiger charge is -2.25. The molecule has 1 rings (SSSR count). The molecule has 1 fully saturated rings. The fourth-order valence-corrected chi connectivity index (χ4v) is 2.13. The Morgan fingerprint density at radius 3 is 2.35 bits per heavy atom. The van der Waals surface area contributed by atoms with Gasteiger partial charge in [0.2, 0.25) is 0 Å². The molecular formula is C14H27N3O3. The van der Waals surface area contributed by atoms with Gasteiger partial charge in [-0.25, -0.2) is 9.59 Å². The quantitative estimate of drug-likeness (QED) is 0.627. The Labute approximate surface area is 120 Å². The van der Waals surface area contributed by atoms with Gasteiger partial charge in [-0.15, -0.1) is 0 Å². The number of carbonyl (C=O) groups is 2. The van der Waals surface area contributed by atoms with Crippen LogP contribution < -0.4 is 10.6 Å². The third-order valence-electron chi connectivity index (χ3n) is 3.69. The molecule has 2 atom stereocenters. The normalized spacial score (nSPS) is 17.9. The van der Waals surface area contributed by atoms with Crippen LogP contribution in [0.4, 0.5) is 4.79 Å². The van der Waals surface area contributed by atoms with Crippen molar-refractivity contribution in [2.75, 3.05) is 13.6 Å². The minimum atomic E-state index is -0.989. The van der Waals surface area contributed by atoms with Crippen molar-refractivity contribution in [2.45, 2.75) is 58.2 Å². The molecular weight excluding hydrogens is 258 g/mol. The van der Waals surface area contributed by atoms with Crippen LogP contribution in [0.25, 0.3) is 0 Å². The summed E-state index contributed by atoms with van der Waals surface area (Å²) >= 11 is 0. The van der Waals surface area contributed by atoms with Gasteiger partial charge >= 0.3 is 12.0 Å². The Bertz CT molecular complexity index is 343. The van der Waals surface area contributed by atoms with Crippen LogP contribution in [-0.2, 0) is 4.79 Å². The SMILES string of the molecule is CC(C)C[C@@H](NC(=O)NCC(C)N(C)C1CC1)C(=O)O. The Kier molecular flexibility index (Phi) is 6.26. The molecule has 0 aliphatic heterocycles. The maximum Gasteiger partial charge on any atom is 0.326 e. The highest BCUT2D eigenvalue weighted by Crippen LogP contribution is 2.26. The van der Waals surface area contributed by atoms with Crippen molar-refractivity contribution >= 4 is 12.0 Å². The lowest BCUT2D eigenvalue weighted by Crippen LogP contribution is -2.49. The smallest absolute Gasteiger partial charge is 0.326 e. The number of likely N-dealkylation sites (N-methyl/N-ethyl adjacent to an activating group) is 1. The van der Waals surface area contributed by atoms with Crippen LogP contribution in [0.2, 0.25) is 0 Å². The highest BCUT2D eigenvalue weighted by molar-refractivity contribution is 5.82. The van der Waals surface area contributed by atoms with Crippen molar-refractivity contribution in [3.8, 4) is 0 Å². The van der Waals surface area contributed by atoms with E-state index in [2.05, 4.69) is 29.5 Å². The second kappa shape index (κ2) is 7.47. The fourth-order valence-electron chi connectivity index (χ4n) is 2.13. The van der Waals surface area contributed by atoms with E-state index in [-0.39, 0.29) is 12.0 Å². The van der Waals surface area contributed by atoms with Crippen LogP contribution in [-0.4, -0.2) is 53.7 Å². The first-order valence-electron chi connectivity index (χ1n) is 7.30. The minimum Gasteiger partial charge on any atom is -0.480 e. The Morgan fingerprint density at radius 1 is 1.30 bits per heavy atom. The third kappa shape index (κ3) is 5.77. The average Bonchev–Trinajstić information content (AvgIpc) is 3.17. The van der Waals surface area contributed by atoms with Gasteiger partial charge < -0.3 is 15.7 Å². The molecule has 0 aromatic heterocycles. The molecule has 116 valence electrons. The lowest BCUT2D eigenvalue weighted by atomic mass is 10.0. The number of carboxylic acids is 1. The highest BCUT2D eigenvalue weighted by Gasteiger charge is 2.29. The second-order valence-corrected chi connectivity index (χ2v) is 6.12. The number of aliphatic carboxylic acids is 1. The van der Waals surface area contributed by atoms with Gasteiger partial charge in [-0.05, 0) is 39.2 Å². The number of nitrogens with one attached hydrogen (secondary N) is 2. The summed E-state index contributed by atoms with van der Waals surface area (Å²) in [7, 11) is 2.06. The molecule has 1 aliphatic rings. The van der Waals surface area contributed by atoms with Crippen LogP contribution in [0.15, 0.2) is 0 Å². The molecule has 1 aliphatic carbocycles. The van der Waals surface area contributed by atoms with E-state index in [0.29, 0.717) is 19.0 Å². The van der Waals surface area contributed by atoms with Gasteiger partial charge in [0.05, 0.1) is 0 Å². The van der Waals surface area contributed by atoms with E-state index in [1.54, 1.807) is 0 Å². The van der Waals surface area contributed by atoms with Crippen molar-refractivity contribution in [3.63, 3.8) is 0 Å². The first-order chi connectivity index (χ1) is 9.31. The maximum atomic E-state index is 11.7. The lowest BCUT2D eigenvalue weighted by molar-refractivity contribution is -0.139. The molecule has 0 bridgehead atoms. The largest absolute Gasteiger partial charge is 0.480 e. The zero-order valence-electron chi connectivity index (χ0n) is 12.8. The third-order valence-corrected chi connectivity index (χ3v) is 3.69. The van der Waals surface area contributed by atoms with Crippen molar-refractivity contribution in [1.29, 1.82) is 0 Å². The fraction of sp³-hybridized carbons (Fsp3) is 0.857. The predicted octanol–water partition coefficient (Wildman–Crippen LogP) is 1.27. The van der Waals surface area contributed by atoms with Gasteiger partial charge in [0.25, 0.3) is 0 Å². The van der Waals surface area contributed by atoms with Crippen LogP contribution in [0, 0.1) is 5.92 Å². The summed E-state index contributed by atoms with van der Waals surface area (Å²) in [4.78, 5) is 25.1. The van der Waals surface area contributed by atoms with E-state index in [0.717, 1.165) is 0 Å². The molecule has 1 saturated carbocycles. The van der Waals surface area contributed by atoms with Crippen LogP contribution in [0.1, 0.15) is 40.0 Å². The predicted molar refractivity (Wildman–Crippen MR) is 77.7 cm³/mol. The van der Waals surface area contributed by atoms with E-state index in [1.807, 2.05) is 13.8 Å². The zero-order valence-corrected chi connectivity index (χ0v) is 12.8. The van der Waals surface area contributed by atoms with Gasteiger partial charge in [0.15, 0.2) is 0 Å². The summed E-state index contributed by atoms with van der Waals surface area (Å²) in [5.41, 5.74) is 0. The Balaban J connectivity index is 2.31. The second-order valence-electron chi connectivity index (χ2n) is 6.12. The summed E-state index contributed by atoms with van der Waals surface area (Å²) < 4.78 is 0. The average molecular weight is 285 g/mol. The van der Waals surface area contributed by atoms with Gasteiger partial charge in [0.1, 0.15) is 6.04 Å². The maximum absolute atomic E-state index is 11.7. The molecule has 0 aromatic rings. The van der Waals surface area contributed by atoms with Gasteiger partial charge in [-0.3, -0.25) is 4.90 Å². The van der Waals surface area contributed by atoms with Crippen molar-refractivity contribution in [1.82, 2.24) is 15.5 Å². The summed E-state index contributed by atoms with van der Waals surface area (Å²) in [5, 5.41) is 14.3. The van der Waals surface area contributed by atoms with E-state index < -0.39 is 18.0 Å². The molecule has 0 radical (unpaired) electrons. The van der Waals surface area contributed by atoms with Crippen LogP contribution in [0.3, 0.4) is 0 Å². The summed E-state index contributed by atoms with van der Waals surface area (Å²) in [6, 6.07) is -0.343. The Morgan fingerprint density at radius 2 is 1.90 bits per heavy atom. The molecule has 0 heterocycles. The van der Waals surface area contributed by atoms with Crippen molar-refractivity contribution < 1.29 is 14.7 Å². The number of amides is 2. The number of hydrogen-bond acceptors (Lipinski definition) is 3. The van der Waals surface area contributed by atoms with Gasteiger partial charge in [0, 0.05) is 18.6 Å². The molecule has 3 N–H and O–H groups in total. The van der Waals surface area contributed by atoms with Crippen LogP contribution in [0.5, 0.6) is 0 Å². The molecule has 6 nitrogen and oxygen atoms in total. The standard InChI is InChI=1S/C14H27N3O3/c1-9(2)7-12(13(18)19)16-14(20)15-8-10(3)17(4)11-5-6-11/h9-12H,5-8H2,1-4H3,(H,18,19)(H2,15,16,20)/t10?,12-/m1/s1. The summed E-state index contributed by atoms with van der Waals surface area (Å²) in [6.45, 7) is 6.44. The summed E-state index contributed by atoms with van der Waals surface area (Å²) in [5.74, 6) is -0.770. The first kappa shape index (κ1) is 16.8. The molecule has 2 amide bonds. The number of carbonyl (C=O) groups excluding carboxylic acids is 1.